The fourth-order valence-corrected chi connectivity index (χ4v) is 4.33. The van der Waals surface area contributed by atoms with Gasteiger partial charge in [-0.2, -0.15) is 4.98 Å². The van der Waals surface area contributed by atoms with Crippen molar-refractivity contribution in [1.82, 2.24) is 14.8 Å². The van der Waals surface area contributed by atoms with Crippen molar-refractivity contribution >= 4 is 17.5 Å². The molecule has 1 aromatic heterocycles. The second kappa shape index (κ2) is 9.49. The lowest BCUT2D eigenvalue weighted by Gasteiger charge is -2.31. The number of ether oxygens (including phenoxy) is 1. The highest BCUT2D eigenvalue weighted by molar-refractivity contribution is 6.32. The number of hydrogen-bond acceptors (Lipinski definition) is 4. The minimum Gasteiger partial charge on any atom is -0.497 e. The molecule has 1 aliphatic rings. The van der Waals surface area contributed by atoms with Crippen LogP contribution in [0.25, 0.3) is 5.69 Å². The van der Waals surface area contributed by atoms with Crippen molar-refractivity contribution in [3.05, 3.63) is 64.2 Å². The van der Waals surface area contributed by atoms with E-state index in [1.54, 1.807) is 30.8 Å². The van der Waals surface area contributed by atoms with Gasteiger partial charge in [0.1, 0.15) is 17.4 Å². The van der Waals surface area contributed by atoms with Gasteiger partial charge in [0.25, 0.3) is 0 Å². The van der Waals surface area contributed by atoms with E-state index in [1.165, 1.54) is 12.8 Å². The molecule has 1 aliphatic carbocycles. The van der Waals surface area contributed by atoms with Crippen LogP contribution >= 0.6 is 11.6 Å². The highest BCUT2D eigenvalue weighted by Crippen LogP contribution is 2.41. The van der Waals surface area contributed by atoms with Crippen LogP contribution in [0.5, 0.6) is 5.75 Å². The van der Waals surface area contributed by atoms with Gasteiger partial charge in [0.2, 0.25) is 5.95 Å². The molecule has 1 unspecified atom stereocenters. The van der Waals surface area contributed by atoms with E-state index in [2.05, 4.69) is 11.8 Å². The summed E-state index contributed by atoms with van der Waals surface area (Å²) in [6, 6.07) is 11.1. The van der Waals surface area contributed by atoms with Gasteiger partial charge >= 0.3 is 0 Å². The monoisotopic (exact) mass is 456 g/mol. The third kappa shape index (κ3) is 4.75. The molecular formula is C25H30ClFN4O. The number of rotatable bonds is 9. The normalized spacial score (nSPS) is 14.4. The first-order chi connectivity index (χ1) is 15.4. The summed E-state index contributed by atoms with van der Waals surface area (Å²) in [6.07, 6.45) is 4.37. The van der Waals surface area contributed by atoms with E-state index in [9.17, 15) is 4.39 Å². The van der Waals surface area contributed by atoms with Crippen LogP contribution in [-0.2, 0) is 0 Å². The Labute approximate surface area is 194 Å². The summed E-state index contributed by atoms with van der Waals surface area (Å²) in [6.45, 7) is 6.64. The molecule has 0 bridgehead atoms. The standard InChI is InChI=1S/C25H30ClFN4O/c1-5-12-30(24(13-18-7-8-18)19-9-6-16(2)22(27)14-19)25-28-17(3)31(29-25)23-11-10-20(32-4)15-21(23)26/h6,9-11,14-15,18,24H,5,7-8,12-13H2,1-4H3. The smallest absolute Gasteiger partial charge is 0.245 e. The Kier molecular flexibility index (Phi) is 6.70. The van der Waals surface area contributed by atoms with Crippen molar-refractivity contribution in [2.24, 2.45) is 5.92 Å². The molecule has 1 fully saturated rings. The predicted octanol–water partition coefficient (Wildman–Crippen LogP) is 6.44. The van der Waals surface area contributed by atoms with E-state index in [0.29, 0.717) is 28.2 Å². The van der Waals surface area contributed by atoms with Gasteiger partial charge in [0, 0.05) is 12.6 Å². The minimum absolute atomic E-state index is 0.0270. The van der Waals surface area contributed by atoms with Crippen LogP contribution in [0.3, 0.4) is 0 Å². The van der Waals surface area contributed by atoms with Crippen molar-refractivity contribution < 1.29 is 9.13 Å². The van der Waals surface area contributed by atoms with Gasteiger partial charge in [0.15, 0.2) is 0 Å². The van der Waals surface area contributed by atoms with Crippen LogP contribution in [0, 0.1) is 25.6 Å². The molecule has 170 valence electrons. The van der Waals surface area contributed by atoms with E-state index in [-0.39, 0.29) is 11.9 Å². The quantitative estimate of drug-likeness (QED) is 0.371. The lowest BCUT2D eigenvalue weighted by atomic mass is 9.98. The highest BCUT2D eigenvalue weighted by atomic mass is 35.5. The summed E-state index contributed by atoms with van der Waals surface area (Å²) in [7, 11) is 1.61. The van der Waals surface area contributed by atoms with E-state index >= 15 is 0 Å². The maximum absolute atomic E-state index is 14.5. The fraction of sp³-hybridized carbons (Fsp3) is 0.440. The summed E-state index contributed by atoms with van der Waals surface area (Å²) in [5, 5.41) is 5.38. The van der Waals surface area contributed by atoms with Crippen LogP contribution < -0.4 is 9.64 Å². The molecule has 0 spiro atoms. The molecular weight excluding hydrogens is 427 g/mol. The molecule has 0 N–H and O–H groups in total. The van der Waals surface area contributed by atoms with E-state index in [0.717, 1.165) is 36.5 Å². The summed E-state index contributed by atoms with van der Waals surface area (Å²) in [4.78, 5) is 7.02. The molecule has 4 rings (SSSR count). The number of anilines is 1. The second-order valence-corrected chi connectivity index (χ2v) is 8.99. The number of hydrogen-bond donors (Lipinski definition) is 0. The number of methoxy groups -OCH3 is 1. The van der Waals surface area contributed by atoms with Crippen LogP contribution in [0.4, 0.5) is 10.3 Å². The van der Waals surface area contributed by atoms with Crippen LogP contribution in [0.2, 0.25) is 5.02 Å². The zero-order valence-electron chi connectivity index (χ0n) is 19.1. The highest BCUT2D eigenvalue weighted by Gasteiger charge is 2.32. The summed E-state index contributed by atoms with van der Waals surface area (Å²) < 4.78 is 21.5. The average Bonchev–Trinajstić information content (AvgIpc) is 3.52. The first-order valence-electron chi connectivity index (χ1n) is 11.2. The molecule has 1 atom stereocenters. The van der Waals surface area contributed by atoms with Crippen molar-refractivity contribution in [3.8, 4) is 11.4 Å². The van der Waals surface area contributed by atoms with Gasteiger partial charge < -0.3 is 9.64 Å². The lowest BCUT2D eigenvalue weighted by molar-refractivity contribution is 0.414. The van der Waals surface area contributed by atoms with Gasteiger partial charge in [-0.3, -0.25) is 0 Å². The van der Waals surface area contributed by atoms with Gasteiger partial charge in [-0.1, -0.05) is 43.5 Å². The number of benzene rings is 2. The van der Waals surface area contributed by atoms with Gasteiger partial charge in [-0.25, -0.2) is 9.07 Å². The molecule has 1 saturated carbocycles. The molecule has 0 radical (unpaired) electrons. The molecule has 2 aromatic carbocycles. The number of halogens is 2. The first kappa shape index (κ1) is 22.6. The molecule has 0 saturated heterocycles. The maximum atomic E-state index is 14.5. The van der Waals surface area contributed by atoms with E-state index in [1.807, 2.05) is 31.2 Å². The SMILES string of the molecule is CCCN(c1nc(C)n(-c2ccc(OC)cc2Cl)n1)C(CC1CC1)c1ccc(C)c(F)c1. The van der Waals surface area contributed by atoms with Crippen LogP contribution in [0.1, 0.15) is 55.6 Å². The molecule has 3 aromatic rings. The van der Waals surface area contributed by atoms with Crippen molar-refractivity contribution in [2.45, 2.75) is 52.5 Å². The second-order valence-electron chi connectivity index (χ2n) is 8.59. The summed E-state index contributed by atoms with van der Waals surface area (Å²) in [5.74, 6) is 2.58. The lowest BCUT2D eigenvalue weighted by Crippen LogP contribution is -2.31. The van der Waals surface area contributed by atoms with Crippen LogP contribution in [-0.4, -0.2) is 28.4 Å². The van der Waals surface area contributed by atoms with Gasteiger partial charge in [0.05, 0.1) is 23.9 Å². The third-order valence-electron chi connectivity index (χ3n) is 6.07. The zero-order chi connectivity index (χ0) is 22.8. The Morgan fingerprint density at radius 2 is 2.00 bits per heavy atom. The van der Waals surface area contributed by atoms with Crippen molar-refractivity contribution in [3.63, 3.8) is 0 Å². The molecule has 1 heterocycles. The molecule has 0 amide bonds. The molecule has 32 heavy (non-hydrogen) atoms. The van der Waals surface area contributed by atoms with Crippen molar-refractivity contribution in [2.75, 3.05) is 18.6 Å². The Bertz CT molecular complexity index is 1100. The Hall–Kier alpha value is -2.60. The first-order valence-corrected chi connectivity index (χ1v) is 11.6. The van der Waals surface area contributed by atoms with Crippen molar-refractivity contribution in [1.29, 1.82) is 0 Å². The maximum Gasteiger partial charge on any atom is 0.245 e. The number of nitrogens with zero attached hydrogens (tertiary/aromatic N) is 4. The van der Waals surface area contributed by atoms with E-state index in [4.69, 9.17) is 26.4 Å². The van der Waals surface area contributed by atoms with E-state index < -0.39 is 0 Å². The molecule has 7 heteroatoms. The Morgan fingerprint density at radius 3 is 2.62 bits per heavy atom. The van der Waals surface area contributed by atoms with Gasteiger partial charge in [-0.05, 0) is 61.9 Å². The van der Waals surface area contributed by atoms with Crippen LogP contribution in [0.15, 0.2) is 36.4 Å². The Balaban J connectivity index is 1.73. The third-order valence-corrected chi connectivity index (χ3v) is 6.38. The largest absolute Gasteiger partial charge is 0.497 e. The van der Waals surface area contributed by atoms with Gasteiger partial charge in [-0.15, -0.1) is 5.10 Å². The summed E-state index contributed by atoms with van der Waals surface area (Å²) in [5.41, 5.74) is 2.39. The number of aryl methyl sites for hydroxylation is 2. The average molecular weight is 457 g/mol. The topological polar surface area (TPSA) is 43.2 Å². The summed E-state index contributed by atoms with van der Waals surface area (Å²) >= 11 is 6.51. The predicted molar refractivity (Wildman–Crippen MR) is 127 cm³/mol. The molecule has 0 aliphatic heterocycles. The number of aromatic nitrogens is 3. The minimum atomic E-state index is -0.167. The fourth-order valence-electron chi connectivity index (χ4n) is 4.08. The Morgan fingerprint density at radius 1 is 1.22 bits per heavy atom. The molecule has 5 nitrogen and oxygen atoms in total. The zero-order valence-corrected chi connectivity index (χ0v) is 19.9.